The highest BCUT2D eigenvalue weighted by atomic mass is 15.2. The van der Waals surface area contributed by atoms with E-state index in [1.54, 1.807) is 6.20 Å². The van der Waals surface area contributed by atoms with E-state index >= 15 is 0 Å². The van der Waals surface area contributed by atoms with Gasteiger partial charge in [0.1, 0.15) is 11.5 Å². The van der Waals surface area contributed by atoms with Gasteiger partial charge in [0.25, 0.3) is 0 Å². The summed E-state index contributed by atoms with van der Waals surface area (Å²) in [6.07, 6.45) is 7.46. The lowest BCUT2D eigenvalue weighted by atomic mass is 10.0. The van der Waals surface area contributed by atoms with Crippen molar-refractivity contribution in [2.75, 3.05) is 5.32 Å². The second-order valence-electron chi connectivity index (χ2n) is 6.55. The third kappa shape index (κ3) is 2.81. The van der Waals surface area contributed by atoms with Gasteiger partial charge in [-0.2, -0.15) is 5.10 Å². The Hall–Kier alpha value is -3.67. The molecule has 0 amide bonds. The second-order valence-corrected chi connectivity index (χ2v) is 6.55. The molecule has 1 aromatic carbocycles. The number of hydrogen-bond donors (Lipinski definition) is 2. The number of fused-ring (bicyclic) bond motifs is 2. The normalized spacial score (nSPS) is 11.3. The lowest BCUT2D eigenvalue weighted by molar-refractivity contribution is 0.797. The van der Waals surface area contributed by atoms with Crippen molar-refractivity contribution in [2.24, 2.45) is 7.05 Å². The van der Waals surface area contributed by atoms with Gasteiger partial charge >= 0.3 is 0 Å². The van der Waals surface area contributed by atoms with Crippen molar-refractivity contribution >= 4 is 27.8 Å². The summed E-state index contributed by atoms with van der Waals surface area (Å²) >= 11 is 0. The summed E-state index contributed by atoms with van der Waals surface area (Å²) in [6, 6.07) is 14.6. The molecule has 2 N–H and O–H groups in total. The Balaban J connectivity index is 1.56. The molecule has 0 saturated carbocycles. The number of hydrogen-bond acceptors (Lipinski definition) is 4. The molecule has 0 spiro atoms. The van der Waals surface area contributed by atoms with Crippen LogP contribution in [-0.2, 0) is 13.6 Å². The smallest absolute Gasteiger partial charge is 0.140 e. The Labute approximate surface area is 155 Å². The van der Waals surface area contributed by atoms with Gasteiger partial charge < -0.3 is 10.3 Å². The summed E-state index contributed by atoms with van der Waals surface area (Å²) in [5.41, 5.74) is 5.39. The highest BCUT2D eigenvalue weighted by molar-refractivity contribution is 5.97. The fourth-order valence-corrected chi connectivity index (χ4v) is 3.39. The molecule has 4 aromatic heterocycles. The van der Waals surface area contributed by atoms with Crippen LogP contribution in [0.5, 0.6) is 0 Å². The predicted molar refractivity (Wildman–Crippen MR) is 107 cm³/mol. The van der Waals surface area contributed by atoms with Crippen molar-refractivity contribution in [1.82, 2.24) is 24.7 Å². The van der Waals surface area contributed by atoms with Crippen LogP contribution in [0.25, 0.3) is 33.1 Å². The summed E-state index contributed by atoms with van der Waals surface area (Å²) in [6.45, 7) is 0.675. The molecule has 0 unspecified atom stereocenters. The zero-order valence-corrected chi connectivity index (χ0v) is 14.8. The van der Waals surface area contributed by atoms with Gasteiger partial charge in [0.05, 0.1) is 11.7 Å². The van der Waals surface area contributed by atoms with Gasteiger partial charge in [-0.25, -0.2) is 4.98 Å². The maximum Gasteiger partial charge on any atom is 0.140 e. The van der Waals surface area contributed by atoms with E-state index in [2.05, 4.69) is 50.7 Å². The van der Waals surface area contributed by atoms with Crippen molar-refractivity contribution in [2.45, 2.75) is 6.54 Å². The SMILES string of the molecule is Cn1ncc2cc(-c3cc(NCc4cccnc4)nc4[nH]ccc34)ccc21. The van der Waals surface area contributed by atoms with E-state index in [0.717, 1.165) is 44.4 Å². The quantitative estimate of drug-likeness (QED) is 0.509. The molecule has 5 aromatic rings. The van der Waals surface area contributed by atoms with Gasteiger partial charge in [-0.3, -0.25) is 9.67 Å². The van der Waals surface area contributed by atoms with Crippen LogP contribution in [0.2, 0.25) is 0 Å². The lowest BCUT2D eigenvalue weighted by Crippen LogP contribution is -2.02. The molecule has 0 saturated heterocycles. The summed E-state index contributed by atoms with van der Waals surface area (Å²) in [5.74, 6) is 0.829. The highest BCUT2D eigenvalue weighted by Crippen LogP contribution is 2.31. The van der Waals surface area contributed by atoms with Crippen LogP contribution in [0, 0.1) is 0 Å². The molecule has 132 valence electrons. The van der Waals surface area contributed by atoms with Crippen LogP contribution in [0.4, 0.5) is 5.82 Å². The number of nitrogens with one attached hydrogen (secondary N) is 2. The van der Waals surface area contributed by atoms with Crippen LogP contribution in [-0.4, -0.2) is 24.7 Å². The zero-order chi connectivity index (χ0) is 18.2. The molecule has 0 aliphatic carbocycles. The minimum atomic E-state index is 0.675. The number of aromatic amines is 1. The fraction of sp³-hybridized carbons (Fsp3) is 0.0952. The molecular formula is C21H18N6. The van der Waals surface area contributed by atoms with Crippen LogP contribution < -0.4 is 5.32 Å². The summed E-state index contributed by atoms with van der Waals surface area (Å²) in [4.78, 5) is 12.1. The van der Waals surface area contributed by atoms with Gasteiger partial charge in [0, 0.05) is 43.0 Å². The van der Waals surface area contributed by atoms with Crippen LogP contribution in [0.3, 0.4) is 0 Å². The Morgan fingerprint density at radius 2 is 2.07 bits per heavy atom. The number of anilines is 1. The number of pyridine rings is 2. The zero-order valence-electron chi connectivity index (χ0n) is 14.8. The molecule has 27 heavy (non-hydrogen) atoms. The average Bonchev–Trinajstić information content (AvgIpc) is 3.33. The van der Waals surface area contributed by atoms with Crippen LogP contribution >= 0.6 is 0 Å². The second kappa shape index (κ2) is 6.25. The number of aryl methyl sites for hydroxylation is 1. The summed E-state index contributed by atoms with van der Waals surface area (Å²) < 4.78 is 1.89. The molecule has 0 radical (unpaired) electrons. The number of benzene rings is 1. The third-order valence-electron chi connectivity index (χ3n) is 4.78. The fourth-order valence-electron chi connectivity index (χ4n) is 3.39. The number of aromatic nitrogens is 5. The van der Waals surface area contributed by atoms with Gasteiger partial charge in [-0.15, -0.1) is 0 Å². The number of nitrogens with zero attached hydrogens (tertiary/aromatic N) is 4. The maximum absolute atomic E-state index is 4.70. The largest absolute Gasteiger partial charge is 0.366 e. The van der Waals surface area contributed by atoms with Crippen molar-refractivity contribution in [1.29, 1.82) is 0 Å². The molecule has 0 aliphatic rings. The highest BCUT2D eigenvalue weighted by Gasteiger charge is 2.10. The Bertz CT molecular complexity index is 1240. The van der Waals surface area contributed by atoms with Crippen molar-refractivity contribution in [3.63, 3.8) is 0 Å². The van der Waals surface area contributed by atoms with E-state index in [4.69, 9.17) is 4.98 Å². The number of rotatable bonds is 4. The van der Waals surface area contributed by atoms with Crippen molar-refractivity contribution < 1.29 is 0 Å². The molecule has 6 heteroatoms. The van der Waals surface area contributed by atoms with E-state index in [0.29, 0.717) is 6.54 Å². The maximum atomic E-state index is 4.70. The van der Waals surface area contributed by atoms with E-state index in [-0.39, 0.29) is 0 Å². The molecule has 5 rings (SSSR count). The lowest BCUT2D eigenvalue weighted by Gasteiger charge is -2.10. The first-order chi connectivity index (χ1) is 13.3. The Morgan fingerprint density at radius 1 is 1.11 bits per heavy atom. The van der Waals surface area contributed by atoms with E-state index in [1.165, 1.54) is 0 Å². The van der Waals surface area contributed by atoms with Gasteiger partial charge in [-0.05, 0) is 47.0 Å². The van der Waals surface area contributed by atoms with E-state index in [1.807, 2.05) is 42.5 Å². The third-order valence-corrected chi connectivity index (χ3v) is 4.78. The topological polar surface area (TPSA) is 71.4 Å². The minimum absolute atomic E-state index is 0.675. The molecule has 0 aliphatic heterocycles. The minimum Gasteiger partial charge on any atom is -0.366 e. The Morgan fingerprint density at radius 3 is 2.96 bits per heavy atom. The van der Waals surface area contributed by atoms with Gasteiger partial charge in [0.15, 0.2) is 0 Å². The average molecular weight is 354 g/mol. The first kappa shape index (κ1) is 15.6. The van der Waals surface area contributed by atoms with Gasteiger partial charge in [-0.1, -0.05) is 12.1 Å². The first-order valence-electron chi connectivity index (χ1n) is 8.81. The monoisotopic (exact) mass is 354 g/mol. The van der Waals surface area contributed by atoms with E-state index < -0.39 is 0 Å². The number of H-pyrrole nitrogens is 1. The molecule has 6 nitrogen and oxygen atoms in total. The predicted octanol–water partition coefficient (Wildman–Crippen LogP) is 4.12. The summed E-state index contributed by atoms with van der Waals surface area (Å²) in [7, 11) is 1.96. The van der Waals surface area contributed by atoms with Crippen molar-refractivity contribution in [3.05, 3.63) is 72.8 Å². The molecular weight excluding hydrogens is 336 g/mol. The molecule has 0 fully saturated rings. The molecule has 0 atom stereocenters. The summed E-state index contributed by atoms with van der Waals surface area (Å²) in [5, 5.41) is 9.98. The van der Waals surface area contributed by atoms with Crippen LogP contribution in [0.15, 0.2) is 67.3 Å². The standard InChI is InChI=1S/C21H18N6/c1-27-19-5-4-15(9-16(19)13-25-27)18-10-20(26-21-17(18)6-8-23-21)24-12-14-3-2-7-22-11-14/h2-11,13H,12H2,1H3,(H2,23,24,26). The van der Waals surface area contributed by atoms with E-state index in [9.17, 15) is 0 Å². The first-order valence-corrected chi connectivity index (χ1v) is 8.81. The molecule has 0 bridgehead atoms. The Kier molecular flexibility index (Phi) is 3.60. The molecule has 4 heterocycles. The van der Waals surface area contributed by atoms with Gasteiger partial charge in [0.2, 0.25) is 0 Å². The van der Waals surface area contributed by atoms with Crippen LogP contribution in [0.1, 0.15) is 5.56 Å². The van der Waals surface area contributed by atoms with Crippen molar-refractivity contribution in [3.8, 4) is 11.1 Å².